The van der Waals surface area contributed by atoms with Gasteiger partial charge in [-0.05, 0) is 43.9 Å². The molecule has 0 unspecified atom stereocenters. The molecule has 0 bridgehead atoms. The lowest BCUT2D eigenvalue weighted by Crippen LogP contribution is -2.50. The summed E-state index contributed by atoms with van der Waals surface area (Å²) in [7, 11) is 0. The number of aryl methyl sites for hydroxylation is 2. The second-order valence-electron chi connectivity index (χ2n) is 8.26. The van der Waals surface area contributed by atoms with Crippen molar-refractivity contribution < 1.29 is 14.7 Å². The molecule has 29 heavy (non-hydrogen) atoms. The van der Waals surface area contributed by atoms with Crippen LogP contribution in [0.15, 0.2) is 18.2 Å². The summed E-state index contributed by atoms with van der Waals surface area (Å²) in [6.45, 7) is 8.86. The summed E-state index contributed by atoms with van der Waals surface area (Å²) in [4.78, 5) is 31.4. The van der Waals surface area contributed by atoms with E-state index in [2.05, 4.69) is 15.1 Å². The normalized spacial score (nSPS) is 17.6. The third-order valence-corrected chi connectivity index (χ3v) is 5.83. The number of benzene rings is 1. The molecule has 1 saturated heterocycles. The van der Waals surface area contributed by atoms with E-state index in [-0.39, 0.29) is 18.4 Å². The van der Waals surface area contributed by atoms with Crippen molar-refractivity contribution in [3.8, 4) is 0 Å². The van der Waals surface area contributed by atoms with E-state index in [0.29, 0.717) is 32.1 Å². The maximum atomic E-state index is 12.6. The van der Waals surface area contributed by atoms with E-state index < -0.39 is 0 Å². The maximum absolute atomic E-state index is 12.6. The number of anilines is 1. The minimum Gasteiger partial charge on any atom is -0.395 e. The van der Waals surface area contributed by atoms with Gasteiger partial charge in [0.15, 0.2) is 0 Å². The number of rotatable bonds is 9. The predicted octanol–water partition coefficient (Wildman–Crippen LogP) is 1.23. The van der Waals surface area contributed by atoms with E-state index >= 15 is 0 Å². The van der Waals surface area contributed by atoms with Crippen molar-refractivity contribution in [1.82, 2.24) is 14.7 Å². The second kappa shape index (κ2) is 10.2. The van der Waals surface area contributed by atoms with Gasteiger partial charge in [-0.25, -0.2) is 0 Å². The molecule has 2 aliphatic rings. The van der Waals surface area contributed by atoms with Crippen LogP contribution >= 0.6 is 0 Å². The standard InChI is InChI=1S/C22H34N4O3/c1-17-3-4-18(2)20(15-17)23-21(28)16-26(19-5-6-19)8-7-22(29)25-11-9-24(10-12-25)13-14-27/h3-4,15,19,27H,5-14,16H2,1-2H3,(H,23,28). The first-order valence-corrected chi connectivity index (χ1v) is 10.7. The van der Waals surface area contributed by atoms with E-state index in [4.69, 9.17) is 5.11 Å². The number of nitrogens with zero attached hydrogens (tertiary/aromatic N) is 3. The van der Waals surface area contributed by atoms with Gasteiger partial charge in [-0.2, -0.15) is 0 Å². The molecule has 2 N–H and O–H groups in total. The number of hydrogen-bond acceptors (Lipinski definition) is 5. The minimum absolute atomic E-state index is 0.0179. The molecule has 160 valence electrons. The Morgan fingerprint density at radius 3 is 2.55 bits per heavy atom. The van der Waals surface area contributed by atoms with Crippen molar-refractivity contribution in [3.63, 3.8) is 0 Å². The van der Waals surface area contributed by atoms with Gasteiger partial charge >= 0.3 is 0 Å². The Balaban J connectivity index is 1.46. The van der Waals surface area contributed by atoms with Crippen LogP contribution < -0.4 is 5.32 Å². The quantitative estimate of drug-likeness (QED) is 0.650. The fraction of sp³-hybridized carbons (Fsp3) is 0.636. The zero-order chi connectivity index (χ0) is 20.8. The summed E-state index contributed by atoms with van der Waals surface area (Å²) in [5.74, 6) is 0.143. The van der Waals surface area contributed by atoms with Crippen molar-refractivity contribution in [2.45, 2.75) is 39.2 Å². The molecular formula is C22H34N4O3. The number of nitrogens with one attached hydrogen (secondary N) is 1. The molecule has 1 aliphatic carbocycles. The topological polar surface area (TPSA) is 76.1 Å². The van der Waals surface area contributed by atoms with Crippen LogP contribution in [0.1, 0.15) is 30.4 Å². The highest BCUT2D eigenvalue weighted by Gasteiger charge is 2.31. The van der Waals surface area contributed by atoms with Crippen molar-refractivity contribution in [3.05, 3.63) is 29.3 Å². The number of β-amino-alcohol motifs (C(OH)–C–C–N with tert-alkyl or cyclic N) is 1. The van der Waals surface area contributed by atoms with Gasteiger partial charge in [0.1, 0.15) is 0 Å². The van der Waals surface area contributed by atoms with E-state index in [1.165, 1.54) is 0 Å². The van der Waals surface area contributed by atoms with Gasteiger partial charge in [-0.1, -0.05) is 12.1 Å². The third-order valence-electron chi connectivity index (χ3n) is 5.83. The fourth-order valence-electron chi connectivity index (χ4n) is 3.83. The molecule has 0 atom stereocenters. The van der Waals surface area contributed by atoms with E-state index in [1.54, 1.807) is 0 Å². The van der Waals surface area contributed by atoms with Gasteiger partial charge in [0.2, 0.25) is 11.8 Å². The van der Waals surface area contributed by atoms with Crippen LogP contribution in [0, 0.1) is 13.8 Å². The average molecular weight is 403 g/mol. The molecule has 1 saturated carbocycles. The molecule has 2 fully saturated rings. The maximum Gasteiger partial charge on any atom is 0.238 e. The largest absolute Gasteiger partial charge is 0.395 e. The van der Waals surface area contributed by atoms with Crippen LogP contribution in [0.3, 0.4) is 0 Å². The molecule has 2 amide bonds. The number of carbonyl (C=O) groups excluding carboxylic acids is 2. The second-order valence-corrected chi connectivity index (χ2v) is 8.26. The minimum atomic E-state index is -0.0179. The summed E-state index contributed by atoms with van der Waals surface area (Å²) in [5, 5.41) is 12.1. The zero-order valence-electron chi connectivity index (χ0n) is 17.7. The lowest BCUT2D eigenvalue weighted by molar-refractivity contribution is -0.133. The average Bonchev–Trinajstić information content (AvgIpc) is 3.54. The van der Waals surface area contributed by atoms with Crippen LogP contribution in [0.25, 0.3) is 0 Å². The van der Waals surface area contributed by atoms with E-state index in [0.717, 1.165) is 55.8 Å². The van der Waals surface area contributed by atoms with Crippen LogP contribution in [0.5, 0.6) is 0 Å². The van der Waals surface area contributed by atoms with Gasteiger partial charge in [-0.15, -0.1) is 0 Å². The Morgan fingerprint density at radius 1 is 1.17 bits per heavy atom. The number of aliphatic hydroxyl groups excluding tert-OH is 1. The number of hydrogen-bond donors (Lipinski definition) is 2. The highest BCUT2D eigenvalue weighted by molar-refractivity contribution is 5.93. The van der Waals surface area contributed by atoms with Gasteiger partial charge in [0.05, 0.1) is 13.2 Å². The Morgan fingerprint density at radius 2 is 1.90 bits per heavy atom. The molecule has 1 aromatic carbocycles. The van der Waals surface area contributed by atoms with Gasteiger partial charge in [0.25, 0.3) is 0 Å². The summed E-state index contributed by atoms with van der Waals surface area (Å²) in [6.07, 6.45) is 2.66. The summed E-state index contributed by atoms with van der Waals surface area (Å²) in [6, 6.07) is 6.47. The monoisotopic (exact) mass is 402 g/mol. The molecule has 7 heteroatoms. The van der Waals surface area contributed by atoms with E-state index in [1.807, 2.05) is 36.9 Å². The van der Waals surface area contributed by atoms with E-state index in [9.17, 15) is 9.59 Å². The highest BCUT2D eigenvalue weighted by Crippen LogP contribution is 2.27. The molecule has 3 rings (SSSR count). The van der Waals surface area contributed by atoms with Crippen LogP contribution in [-0.4, -0.2) is 90.1 Å². The SMILES string of the molecule is Cc1ccc(C)c(NC(=O)CN(CCC(=O)N2CCN(CCO)CC2)C2CC2)c1. The van der Waals surface area contributed by atoms with Crippen LogP contribution in [0.4, 0.5) is 5.69 Å². The van der Waals surface area contributed by atoms with Gasteiger partial charge < -0.3 is 15.3 Å². The van der Waals surface area contributed by atoms with Crippen LogP contribution in [0.2, 0.25) is 0 Å². The Bertz CT molecular complexity index is 712. The number of carbonyl (C=O) groups is 2. The van der Waals surface area contributed by atoms with Crippen molar-refractivity contribution in [1.29, 1.82) is 0 Å². The first-order chi connectivity index (χ1) is 14.0. The van der Waals surface area contributed by atoms with Crippen LogP contribution in [-0.2, 0) is 9.59 Å². The molecule has 1 heterocycles. The Hall–Kier alpha value is -1.96. The third kappa shape index (κ3) is 6.52. The zero-order valence-corrected chi connectivity index (χ0v) is 17.7. The van der Waals surface area contributed by atoms with Gasteiger partial charge in [0, 0.05) is 57.4 Å². The lowest BCUT2D eigenvalue weighted by Gasteiger charge is -2.34. The van der Waals surface area contributed by atoms with Crippen molar-refractivity contribution in [2.75, 3.05) is 57.7 Å². The Kier molecular flexibility index (Phi) is 7.64. The first-order valence-electron chi connectivity index (χ1n) is 10.7. The molecule has 0 aromatic heterocycles. The van der Waals surface area contributed by atoms with Gasteiger partial charge in [-0.3, -0.25) is 19.4 Å². The Labute approximate surface area is 173 Å². The predicted molar refractivity (Wildman–Crippen MR) is 114 cm³/mol. The summed E-state index contributed by atoms with van der Waals surface area (Å²) < 4.78 is 0. The molecule has 1 aromatic rings. The molecule has 7 nitrogen and oxygen atoms in total. The highest BCUT2D eigenvalue weighted by atomic mass is 16.3. The summed E-state index contributed by atoms with van der Waals surface area (Å²) >= 11 is 0. The molecule has 1 aliphatic heterocycles. The van der Waals surface area contributed by atoms with Crippen molar-refractivity contribution >= 4 is 17.5 Å². The number of piperazine rings is 1. The summed E-state index contributed by atoms with van der Waals surface area (Å²) in [5.41, 5.74) is 3.04. The smallest absolute Gasteiger partial charge is 0.238 e. The first kappa shape index (κ1) is 21.7. The molecule has 0 spiro atoms. The number of amides is 2. The number of aliphatic hydroxyl groups is 1. The molecular weight excluding hydrogens is 368 g/mol. The lowest BCUT2D eigenvalue weighted by atomic mass is 10.1. The fourth-order valence-corrected chi connectivity index (χ4v) is 3.83. The molecule has 0 radical (unpaired) electrons. The van der Waals surface area contributed by atoms with Crippen molar-refractivity contribution in [2.24, 2.45) is 0 Å².